The molecule has 0 saturated carbocycles. The van der Waals surface area contributed by atoms with E-state index in [4.69, 9.17) is 16.3 Å². The van der Waals surface area contributed by atoms with Crippen LogP contribution in [0, 0.1) is 11.6 Å². The second-order valence-corrected chi connectivity index (χ2v) is 4.56. The molecule has 1 N–H and O–H groups in total. The normalized spacial score (nSPS) is 17.3. The minimum Gasteiger partial charge on any atom is -0.480 e. The highest BCUT2D eigenvalue weighted by atomic mass is 35.5. The van der Waals surface area contributed by atoms with Gasteiger partial charge in [-0.2, -0.15) is 0 Å². The summed E-state index contributed by atoms with van der Waals surface area (Å²) in [7, 11) is 0. The number of nitrogens with one attached hydrogen (secondary N) is 1. The molecule has 0 fully saturated rings. The second kappa shape index (κ2) is 4.66. The molecule has 0 radical (unpaired) electrons. The summed E-state index contributed by atoms with van der Waals surface area (Å²) in [5.41, 5.74) is 1.21. The molecule has 6 heteroatoms. The summed E-state index contributed by atoms with van der Waals surface area (Å²) >= 11 is 5.69. The lowest BCUT2D eigenvalue weighted by Gasteiger charge is -2.27. The number of anilines is 1. The largest absolute Gasteiger partial charge is 0.480 e. The monoisotopic (exact) mass is 282 g/mol. The van der Waals surface area contributed by atoms with E-state index in [1.165, 1.54) is 18.2 Å². The van der Waals surface area contributed by atoms with Crippen molar-refractivity contribution in [2.24, 2.45) is 0 Å². The molecular weight excluding hydrogens is 274 g/mol. The highest BCUT2D eigenvalue weighted by molar-refractivity contribution is 6.31. The van der Waals surface area contributed by atoms with Crippen molar-refractivity contribution >= 4 is 17.3 Å². The fourth-order valence-electron chi connectivity index (χ4n) is 1.90. The Morgan fingerprint density at radius 3 is 2.89 bits per heavy atom. The van der Waals surface area contributed by atoms with E-state index >= 15 is 0 Å². The molecule has 1 atom stereocenters. The molecule has 0 bridgehead atoms. The number of halogens is 3. The lowest BCUT2D eigenvalue weighted by atomic mass is 10.1. The van der Waals surface area contributed by atoms with E-state index in [9.17, 15) is 8.78 Å². The summed E-state index contributed by atoms with van der Waals surface area (Å²) in [5, 5.41) is 3.12. The van der Waals surface area contributed by atoms with Gasteiger partial charge in [0.25, 0.3) is 0 Å². The van der Waals surface area contributed by atoms with Crippen LogP contribution in [0.3, 0.4) is 0 Å². The Hall–Kier alpha value is -1.88. The summed E-state index contributed by atoms with van der Waals surface area (Å²) < 4.78 is 31.8. The molecule has 0 aliphatic carbocycles. The fraction of sp³-hybridized carbons (Fsp3) is 0.154. The van der Waals surface area contributed by atoms with Gasteiger partial charge in [-0.15, -0.1) is 0 Å². The van der Waals surface area contributed by atoms with Gasteiger partial charge in [0, 0.05) is 6.07 Å². The molecule has 1 aromatic heterocycles. The number of fused-ring (bicyclic) bond motifs is 1. The van der Waals surface area contributed by atoms with Crippen molar-refractivity contribution < 1.29 is 13.5 Å². The predicted octanol–water partition coefficient (Wildman–Crippen LogP) is 3.56. The maximum Gasteiger partial charge on any atom is 0.158 e. The third-order valence-corrected chi connectivity index (χ3v) is 3.14. The van der Waals surface area contributed by atoms with Gasteiger partial charge in [-0.05, 0) is 18.2 Å². The summed E-state index contributed by atoms with van der Waals surface area (Å²) in [4.78, 5) is 3.96. The summed E-state index contributed by atoms with van der Waals surface area (Å²) in [6, 6.07) is 5.55. The topological polar surface area (TPSA) is 34.1 Å². The first kappa shape index (κ1) is 12.2. The Kier molecular flexibility index (Phi) is 2.98. The Morgan fingerprint density at radius 2 is 2.16 bits per heavy atom. The van der Waals surface area contributed by atoms with Crippen molar-refractivity contribution in [1.29, 1.82) is 0 Å². The maximum absolute atomic E-state index is 13.4. The first-order chi connectivity index (χ1) is 9.13. The highest BCUT2D eigenvalue weighted by Crippen LogP contribution is 2.36. The number of benzene rings is 1. The number of rotatable bonds is 1. The van der Waals surface area contributed by atoms with Crippen LogP contribution in [0.15, 0.2) is 30.5 Å². The van der Waals surface area contributed by atoms with E-state index in [0.717, 1.165) is 6.20 Å². The molecule has 0 amide bonds. The van der Waals surface area contributed by atoms with E-state index in [1.807, 2.05) is 0 Å². The van der Waals surface area contributed by atoms with Gasteiger partial charge >= 0.3 is 0 Å². The zero-order valence-corrected chi connectivity index (χ0v) is 10.4. The van der Waals surface area contributed by atoms with Gasteiger partial charge < -0.3 is 10.1 Å². The molecule has 1 aliphatic heterocycles. The number of ether oxygens (including phenoxy) is 1. The quantitative estimate of drug-likeness (QED) is 0.868. The summed E-state index contributed by atoms with van der Waals surface area (Å²) in [6.45, 7) is 0.452. The number of nitrogens with zero attached hydrogens (tertiary/aromatic N) is 1. The van der Waals surface area contributed by atoms with Gasteiger partial charge in [-0.25, -0.2) is 8.78 Å². The van der Waals surface area contributed by atoms with Crippen LogP contribution < -0.4 is 10.1 Å². The van der Waals surface area contributed by atoms with Crippen LogP contribution in [0.1, 0.15) is 11.8 Å². The zero-order valence-electron chi connectivity index (χ0n) is 9.66. The van der Waals surface area contributed by atoms with Crippen molar-refractivity contribution in [3.8, 4) is 5.75 Å². The van der Waals surface area contributed by atoms with Gasteiger partial charge in [-0.3, -0.25) is 4.98 Å². The summed E-state index contributed by atoms with van der Waals surface area (Å²) in [5.74, 6) is -0.593. The lowest BCUT2D eigenvalue weighted by Crippen LogP contribution is -2.24. The lowest BCUT2D eigenvalue weighted by molar-refractivity contribution is 0.204. The Morgan fingerprint density at radius 1 is 1.32 bits per heavy atom. The summed E-state index contributed by atoms with van der Waals surface area (Å²) in [6.07, 6.45) is 0.727. The predicted molar refractivity (Wildman–Crippen MR) is 67.5 cm³/mol. The molecule has 3 rings (SSSR count). The second-order valence-electron chi connectivity index (χ2n) is 4.15. The van der Waals surface area contributed by atoms with Crippen molar-refractivity contribution in [1.82, 2.24) is 4.98 Å². The van der Waals surface area contributed by atoms with Crippen LogP contribution in [0.2, 0.25) is 5.02 Å². The van der Waals surface area contributed by atoms with Crippen LogP contribution in [-0.4, -0.2) is 11.5 Å². The van der Waals surface area contributed by atoms with Crippen LogP contribution in [0.4, 0.5) is 14.5 Å². The van der Waals surface area contributed by atoms with Gasteiger partial charge in [-0.1, -0.05) is 11.6 Å². The Labute approximate surface area is 113 Å². The molecule has 0 saturated heterocycles. The standard InChI is InChI=1S/C13H9ClF2N2O/c14-8-3-11-12(4-9(8)16)19-13(6-18-11)10-2-1-7(15)5-17-10/h1-5,13,18H,6H2. The number of hydrogen-bond donors (Lipinski definition) is 1. The van der Waals surface area contributed by atoms with Crippen molar-refractivity contribution in [3.05, 3.63) is 52.8 Å². The zero-order chi connectivity index (χ0) is 13.4. The third kappa shape index (κ3) is 2.33. The molecule has 3 nitrogen and oxygen atoms in total. The van der Waals surface area contributed by atoms with Gasteiger partial charge in [0.1, 0.15) is 17.4 Å². The molecule has 1 aliphatic rings. The van der Waals surface area contributed by atoms with E-state index in [0.29, 0.717) is 23.7 Å². The molecule has 2 aromatic rings. The molecule has 19 heavy (non-hydrogen) atoms. The third-order valence-electron chi connectivity index (χ3n) is 2.85. The molecule has 2 heterocycles. The van der Waals surface area contributed by atoms with Gasteiger partial charge in [0.05, 0.1) is 29.1 Å². The number of pyridine rings is 1. The van der Waals surface area contributed by atoms with Crippen LogP contribution >= 0.6 is 11.6 Å². The van der Waals surface area contributed by atoms with E-state index in [2.05, 4.69) is 10.3 Å². The first-order valence-corrected chi connectivity index (χ1v) is 6.02. The van der Waals surface area contributed by atoms with Crippen LogP contribution in [-0.2, 0) is 0 Å². The number of hydrogen-bond acceptors (Lipinski definition) is 3. The maximum atomic E-state index is 13.4. The molecule has 98 valence electrons. The van der Waals surface area contributed by atoms with Crippen molar-refractivity contribution in [3.63, 3.8) is 0 Å². The average molecular weight is 283 g/mol. The van der Waals surface area contributed by atoms with E-state index in [-0.39, 0.29) is 5.02 Å². The van der Waals surface area contributed by atoms with Crippen LogP contribution in [0.25, 0.3) is 0 Å². The molecule has 0 spiro atoms. The van der Waals surface area contributed by atoms with Crippen LogP contribution in [0.5, 0.6) is 5.75 Å². The van der Waals surface area contributed by atoms with Crippen molar-refractivity contribution in [2.75, 3.05) is 11.9 Å². The Bertz CT molecular complexity index is 619. The minimum absolute atomic E-state index is 0.0354. The van der Waals surface area contributed by atoms with Gasteiger partial charge in [0.15, 0.2) is 6.10 Å². The Balaban J connectivity index is 1.89. The molecular formula is C13H9ClF2N2O. The van der Waals surface area contributed by atoms with Gasteiger partial charge in [0.2, 0.25) is 0 Å². The fourth-order valence-corrected chi connectivity index (χ4v) is 2.07. The first-order valence-electron chi connectivity index (χ1n) is 5.64. The number of aromatic nitrogens is 1. The van der Waals surface area contributed by atoms with E-state index in [1.54, 1.807) is 6.07 Å². The average Bonchev–Trinajstić information content (AvgIpc) is 2.40. The molecule has 1 unspecified atom stereocenters. The minimum atomic E-state index is -0.546. The van der Waals surface area contributed by atoms with E-state index < -0.39 is 17.7 Å². The molecule has 1 aromatic carbocycles. The highest BCUT2D eigenvalue weighted by Gasteiger charge is 2.23. The van der Waals surface area contributed by atoms with Crippen molar-refractivity contribution in [2.45, 2.75) is 6.10 Å². The smallest absolute Gasteiger partial charge is 0.158 e. The SMILES string of the molecule is Fc1ccc(C2CNc3cc(Cl)c(F)cc3O2)nc1.